The quantitative estimate of drug-likeness (QED) is 0.718. The van der Waals surface area contributed by atoms with Crippen LogP contribution in [0.4, 0.5) is 5.95 Å². The van der Waals surface area contributed by atoms with Gasteiger partial charge in [-0.15, -0.1) is 0 Å². The smallest absolute Gasteiger partial charge is 0.261 e. The summed E-state index contributed by atoms with van der Waals surface area (Å²) >= 11 is 0. The number of carbonyl (C=O) groups excluding carboxylic acids is 1. The predicted octanol–water partition coefficient (Wildman–Crippen LogP) is 0.452. The maximum atomic E-state index is 11.4. The zero-order chi connectivity index (χ0) is 9.80. The normalized spacial score (nSPS) is 9.71. The molecular formula is C8H7N5O. The summed E-state index contributed by atoms with van der Waals surface area (Å²) < 4.78 is 0. The molecule has 0 aromatic carbocycles. The van der Waals surface area contributed by atoms with Crippen molar-refractivity contribution in [2.24, 2.45) is 0 Å². The van der Waals surface area contributed by atoms with Gasteiger partial charge in [-0.25, -0.2) is 9.97 Å². The molecule has 0 radical (unpaired) electrons. The molecule has 2 heterocycles. The van der Waals surface area contributed by atoms with Crippen molar-refractivity contribution >= 4 is 11.9 Å². The van der Waals surface area contributed by atoms with Crippen LogP contribution in [0.15, 0.2) is 30.9 Å². The molecule has 0 aliphatic rings. The first-order chi connectivity index (χ1) is 6.86. The molecule has 0 aliphatic carbocycles. The Hall–Kier alpha value is -2.24. The van der Waals surface area contributed by atoms with Crippen LogP contribution in [0.2, 0.25) is 0 Å². The molecule has 6 heteroatoms. The molecule has 0 saturated heterocycles. The Morgan fingerprint density at radius 2 is 2.14 bits per heavy atom. The summed E-state index contributed by atoms with van der Waals surface area (Å²) in [6.07, 6.45) is 6.03. The summed E-state index contributed by atoms with van der Waals surface area (Å²) in [6, 6.07) is 1.67. The van der Waals surface area contributed by atoms with Crippen LogP contribution in [0.1, 0.15) is 10.4 Å². The van der Waals surface area contributed by atoms with Crippen molar-refractivity contribution in [3.05, 3.63) is 36.4 Å². The average molecular weight is 189 g/mol. The molecule has 0 unspecified atom stereocenters. The Bertz CT molecular complexity index is 411. The standard InChI is InChI=1S/C8H7N5O/c14-7(6-4-11-12-5-6)13-8-9-2-1-3-10-8/h1-5H,(H,11,12)(H,9,10,13,14). The lowest BCUT2D eigenvalue weighted by Gasteiger charge is -1.99. The molecule has 2 aromatic heterocycles. The molecule has 0 aliphatic heterocycles. The maximum Gasteiger partial charge on any atom is 0.261 e. The fourth-order valence-electron chi connectivity index (χ4n) is 0.912. The second kappa shape index (κ2) is 3.65. The first kappa shape index (κ1) is 8.36. The van der Waals surface area contributed by atoms with Crippen molar-refractivity contribution in [3.63, 3.8) is 0 Å². The highest BCUT2D eigenvalue weighted by Gasteiger charge is 2.07. The second-order valence-electron chi connectivity index (χ2n) is 2.51. The van der Waals surface area contributed by atoms with Crippen molar-refractivity contribution in [1.82, 2.24) is 20.2 Å². The van der Waals surface area contributed by atoms with Gasteiger partial charge in [-0.2, -0.15) is 5.10 Å². The van der Waals surface area contributed by atoms with Gasteiger partial charge in [0, 0.05) is 18.6 Å². The van der Waals surface area contributed by atoms with Gasteiger partial charge in [-0.1, -0.05) is 0 Å². The highest BCUT2D eigenvalue weighted by Crippen LogP contribution is 1.99. The van der Waals surface area contributed by atoms with E-state index in [0.717, 1.165) is 0 Å². The van der Waals surface area contributed by atoms with Crippen molar-refractivity contribution < 1.29 is 4.79 Å². The van der Waals surface area contributed by atoms with Gasteiger partial charge in [0.1, 0.15) is 0 Å². The van der Waals surface area contributed by atoms with Gasteiger partial charge in [-0.3, -0.25) is 15.2 Å². The second-order valence-corrected chi connectivity index (χ2v) is 2.51. The van der Waals surface area contributed by atoms with E-state index in [2.05, 4.69) is 25.5 Å². The number of amides is 1. The number of carbonyl (C=O) groups is 1. The Balaban J connectivity index is 2.10. The van der Waals surface area contributed by atoms with E-state index < -0.39 is 0 Å². The van der Waals surface area contributed by atoms with E-state index in [1.165, 1.54) is 12.4 Å². The van der Waals surface area contributed by atoms with E-state index in [0.29, 0.717) is 5.56 Å². The van der Waals surface area contributed by atoms with E-state index in [1.54, 1.807) is 18.5 Å². The highest BCUT2D eigenvalue weighted by atomic mass is 16.1. The molecule has 1 amide bonds. The molecule has 14 heavy (non-hydrogen) atoms. The average Bonchev–Trinajstić information content (AvgIpc) is 2.72. The summed E-state index contributed by atoms with van der Waals surface area (Å²) in [4.78, 5) is 19.1. The predicted molar refractivity (Wildman–Crippen MR) is 48.6 cm³/mol. The first-order valence-corrected chi connectivity index (χ1v) is 3.93. The minimum Gasteiger partial charge on any atom is -0.290 e. The SMILES string of the molecule is O=C(Nc1ncccn1)c1cn[nH]c1. The molecule has 0 spiro atoms. The third-order valence-corrected chi connectivity index (χ3v) is 1.55. The van der Waals surface area contributed by atoms with Crippen LogP contribution in [0.25, 0.3) is 0 Å². The fraction of sp³-hybridized carbons (Fsp3) is 0. The molecule has 0 saturated carbocycles. The molecule has 70 valence electrons. The first-order valence-electron chi connectivity index (χ1n) is 3.93. The Morgan fingerprint density at radius 1 is 1.36 bits per heavy atom. The summed E-state index contributed by atoms with van der Waals surface area (Å²) in [5, 5.41) is 8.73. The maximum absolute atomic E-state index is 11.4. The summed E-state index contributed by atoms with van der Waals surface area (Å²) in [6.45, 7) is 0. The minimum atomic E-state index is -0.287. The molecule has 0 fully saturated rings. The Labute approximate surface area is 79.4 Å². The van der Waals surface area contributed by atoms with Crippen molar-refractivity contribution in [1.29, 1.82) is 0 Å². The van der Waals surface area contributed by atoms with Gasteiger partial charge in [0.2, 0.25) is 5.95 Å². The molecule has 2 aromatic rings. The number of anilines is 1. The highest BCUT2D eigenvalue weighted by molar-refractivity contribution is 6.02. The summed E-state index contributed by atoms with van der Waals surface area (Å²) in [5.74, 6) is -0.0105. The van der Waals surface area contributed by atoms with Crippen LogP contribution < -0.4 is 5.32 Å². The number of aromatic nitrogens is 4. The number of hydrogen-bond acceptors (Lipinski definition) is 4. The zero-order valence-electron chi connectivity index (χ0n) is 7.14. The topological polar surface area (TPSA) is 83.6 Å². The summed E-state index contributed by atoms with van der Waals surface area (Å²) in [5.41, 5.74) is 0.442. The van der Waals surface area contributed by atoms with Gasteiger partial charge < -0.3 is 0 Å². The minimum absolute atomic E-state index is 0.277. The number of rotatable bonds is 2. The molecular weight excluding hydrogens is 182 g/mol. The van der Waals surface area contributed by atoms with Gasteiger partial charge in [0.15, 0.2) is 0 Å². The molecule has 6 nitrogen and oxygen atoms in total. The van der Waals surface area contributed by atoms with Gasteiger partial charge in [0.05, 0.1) is 11.8 Å². The fourth-order valence-corrected chi connectivity index (χ4v) is 0.912. The number of H-pyrrole nitrogens is 1. The Morgan fingerprint density at radius 3 is 2.79 bits per heavy atom. The largest absolute Gasteiger partial charge is 0.290 e. The lowest BCUT2D eigenvalue weighted by molar-refractivity contribution is 0.102. The van der Waals surface area contributed by atoms with E-state index in [-0.39, 0.29) is 11.9 Å². The van der Waals surface area contributed by atoms with E-state index in [4.69, 9.17) is 0 Å². The lowest BCUT2D eigenvalue weighted by Crippen LogP contribution is -2.12. The molecule has 0 atom stereocenters. The number of nitrogens with one attached hydrogen (secondary N) is 2. The Kier molecular flexibility index (Phi) is 2.18. The molecule has 2 rings (SSSR count). The van der Waals surface area contributed by atoms with Crippen LogP contribution in [-0.4, -0.2) is 26.1 Å². The molecule has 0 bridgehead atoms. The monoisotopic (exact) mass is 189 g/mol. The van der Waals surface area contributed by atoms with Crippen LogP contribution in [0, 0.1) is 0 Å². The van der Waals surface area contributed by atoms with Crippen molar-refractivity contribution in [2.45, 2.75) is 0 Å². The van der Waals surface area contributed by atoms with Crippen LogP contribution in [0.5, 0.6) is 0 Å². The van der Waals surface area contributed by atoms with Gasteiger partial charge in [-0.05, 0) is 6.07 Å². The van der Waals surface area contributed by atoms with Crippen LogP contribution >= 0.6 is 0 Å². The summed E-state index contributed by atoms with van der Waals surface area (Å²) in [7, 11) is 0. The number of aromatic amines is 1. The third kappa shape index (κ3) is 1.74. The van der Waals surface area contributed by atoms with E-state index in [1.807, 2.05) is 0 Å². The number of nitrogens with zero attached hydrogens (tertiary/aromatic N) is 3. The number of hydrogen-bond donors (Lipinski definition) is 2. The van der Waals surface area contributed by atoms with E-state index in [9.17, 15) is 4.79 Å². The van der Waals surface area contributed by atoms with Crippen molar-refractivity contribution in [3.8, 4) is 0 Å². The van der Waals surface area contributed by atoms with Gasteiger partial charge in [0.25, 0.3) is 5.91 Å². The van der Waals surface area contributed by atoms with Crippen LogP contribution in [-0.2, 0) is 0 Å². The molecule has 2 N–H and O–H groups in total. The lowest BCUT2D eigenvalue weighted by atomic mass is 10.3. The zero-order valence-corrected chi connectivity index (χ0v) is 7.14. The van der Waals surface area contributed by atoms with E-state index >= 15 is 0 Å². The van der Waals surface area contributed by atoms with Crippen LogP contribution in [0.3, 0.4) is 0 Å². The van der Waals surface area contributed by atoms with Crippen molar-refractivity contribution in [2.75, 3.05) is 5.32 Å². The van der Waals surface area contributed by atoms with Gasteiger partial charge >= 0.3 is 0 Å². The third-order valence-electron chi connectivity index (χ3n) is 1.55.